The van der Waals surface area contributed by atoms with Gasteiger partial charge in [-0.15, -0.1) is 0 Å². The second-order valence-corrected chi connectivity index (χ2v) is 5.86. The Kier molecular flexibility index (Phi) is 6.61. The van der Waals surface area contributed by atoms with Crippen molar-refractivity contribution in [2.45, 2.75) is 39.7 Å². The number of unbranched alkanes of at least 4 members (excludes halogenated alkanes) is 1. The first-order valence-electron chi connectivity index (χ1n) is 8.36. The zero-order valence-corrected chi connectivity index (χ0v) is 14.5. The number of anilines is 2. The fraction of sp³-hybridized carbons (Fsp3) is 0.368. The van der Waals surface area contributed by atoms with E-state index in [0.29, 0.717) is 5.56 Å². The summed E-state index contributed by atoms with van der Waals surface area (Å²) in [5.41, 5.74) is 1.31. The Balaban J connectivity index is 1.97. The Morgan fingerprint density at radius 3 is 2.62 bits per heavy atom. The number of pyridine rings is 1. The molecule has 0 bridgehead atoms. The summed E-state index contributed by atoms with van der Waals surface area (Å²) in [6.45, 7) is 6.94. The number of nitrogens with zero attached hydrogens (tertiary/aromatic N) is 1. The minimum absolute atomic E-state index is 0.126. The Hall–Kier alpha value is -2.56. The van der Waals surface area contributed by atoms with E-state index in [-0.39, 0.29) is 12.0 Å². The maximum absolute atomic E-state index is 12.4. The average molecular weight is 327 g/mol. The number of carbonyl (C=O) groups is 1. The zero-order chi connectivity index (χ0) is 17.4. The summed E-state index contributed by atoms with van der Waals surface area (Å²) in [5.74, 6) is 1.35. The highest BCUT2D eigenvalue weighted by Crippen LogP contribution is 2.18. The molecule has 0 aliphatic carbocycles. The number of amides is 1. The largest absolute Gasteiger partial charge is 0.491 e. The molecule has 2 rings (SSSR count). The molecule has 0 saturated carbocycles. The van der Waals surface area contributed by atoms with Gasteiger partial charge in [-0.25, -0.2) is 4.98 Å². The molecular formula is C19H25N3O2. The molecule has 0 fully saturated rings. The summed E-state index contributed by atoms with van der Waals surface area (Å²) in [4.78, 5) is 16.6. The highest BCUT2D eigenvalue weighted by atomic mass is 16.5. The van der Waals surface area contributed by atoms with Crippen LogP contribution in [0.5, 0.6) is 5.75 Å². The smallest absolute Gasteiger partial charge is 0.255 e. The Morgan fingerprint density at radius 1 is 1.21 bits per heavy atom. The maximum Gasteiger partial charge on any atom is 0.255 e. The first-order valence-corrected chi connectivity index (χ1v) is 8.36. The van der Waals surface area contributed by atoms with Crippen LogP contribution in [0.2, 0.25) is 0 Å². The fourth-order valence-electron chi connectivity index (χ4n) is 2.15. The molecule has 0 saturated heterocycles. The third-order valence-electron chi connectivity index (χ3n) is 3.34. The van der Waals surface area contributed by atoms with E-state index in [4.69, 9.17) is 4.74 Å². The number of aromatic nitrogens is 1. The van der Waals surface area contributed by atoms with Crippen LogP contribution in [-0.2, 0) is 0 Å². The molecule has 2 N–H and O–H groups in total. The molecule has 5 heteroatoms. The zero-order valence-electron chi connectivity index (χ0n) is 14.5. The molecular weight excluding hydrogens is 302 g/mol. The highest BCUT2D eigenvalue weighted by molar-refractivity contribution is 6.04. The Labute approximate surface area is 143 Å². The molecule has 5 nitrogen and oxygen atoms in total. The predicted molar refractivity (Wildman–Crippen MR) is 97.8 cm³/mol. The van der Waals surface area contributed by atoms with Crippen molar-refractivity contribution in [1.82, 2.24) is 4.98 Å². The van der Waals surface area contributed by atoms with Crippen molar-refractivity contribution in [3.63, 3.8) is 0 Å². The second-order valence-electron chi connectivity index (χ2n) is 5.86. The molecule has 128 valence electrons. The van der Waals surface area contributed by atoms with Gasteiger partial charge in [-0.2, -0.15) is 0 Å². The molecule has 0 aliphatic rings. The predicted octanol–water partition coefficient (Wildman–Crippen LogP) is 4.33. The van der Waals surface area contributed by atoms with E-state index >= 15 is 0 Å². The Morgan fingerprint density at radius 2 is 1.96 bits per heavy atom. The Bertz CT molecular complexity index is 654. The number of hydrogen-bond acceptors (Lipinski definition) is 4. The van der Waals surface area contributed by atoms with Crippen LogP contribution >= 0.6 is 0 Å². The van der Waals surface area contributed by atoms with Crippen molar-refractivity contribution in [1.29, 1.82) is 0 Å². The van der Waals surface area contributed by atoms with Crippen molar-refractivity contribution in [2.75, 3.05) is 17.2 Å². The van der Waals surface area contributed by atoms with Crippen LogP contribution in [0, 0.1) is 0 Å². The molecule has 0 spiro atoms. The van der Waals surface area contributed by atoms with Crippen molar-refractivity contribution >= 4 is 17.4 Å². The number of ether oxygens (including phenoxy) is 1. The summed E-state index contributed by atoms with van der Waals surface area (Å²) >= 11 is 0. The van der Waals surface area contributed by atoms with Crippen molar-refractivity contribution in [2.24, 2.45) is 0 Å². The van der Waals surface area contributed by atoms with Crippen LogP contribution in [0.25, 0.3) is 0 Å². The van der Waals surface area contributed by atoms with Gasteiger partial charge in [0.1, 0.15) is 11.6 Å². The number of rotatable bonds is 8. The van der Waals surface area contributed by atoms with Gasteiger partial charge in [-0.3, -0.25) is 4.79 Å². The lowest BCUT2D eigenvalue weighted by Gasteiger charge is -2.11. The molecule has 1 heterocycles. The quantitative estimate of drug-likeness (QED) is 0.708. The van der Waals surface area contributed by atoms with Gasteiger partial charge in [0.05, 0.1) is 6.10 Å². The normalized spacial score (nSPS) is 10.5. The van der Waals surface area contributed by atoms with Gasteiger partial charge in [0.25, 0.3) is 5.91 Å². The third kappa shape index (κ3) is 5.57. The SMILES string of the molecule is CCCCNc1cc(C(=O)Nc2ccc(OC(C)C)cc2)ccn1. The van der Waals surface area contributed by atoms with Crippen molar-refractivity contribution < 1.29 is 9.53 Å². The van der Waals surface area contributed by atoms with Crippen molar-refractivity contribution in [3.8, 4) is 5.75 Å². The summed E-state index contributed by atoms with van der Waals surface area (Å²) in [6, 6.07) is 10.8. The number of benzene rings is 1. The van der Waals surface area contributed by atoms with Crippen molar-refractivity contribution in [3.05, 3.63) is 48.2 Å². The molecule has 0 unspecified atom stereocenters. The lowest BCUT2D eigenvalue weighted by molar-refractivity contribution is 0.102. The molecule has 1 amide bonds. The van der Waals surface area contributed by atoms with Gasteiger partial charge in [-0.1, -0.05) is 13.3 Å². The third-order valence-corrected chi connectivity index (χ3v) is 3.34. The molecule has 0 aliphatic heterocycles. The van der Waals surface area contributed by atoms with E-state index in [9.17, 15) is 4.79 Å². The molecule has 1 aromatic heterocycles. The monoisotopic (exact) mass is 327 g/mol. The number of carbonyl (C=O) groups excluding carboxylic acids is 1. The standard InChI is InChI=1S/C19H25N3O2/c1-4-5-11-20-18-13-15(10-12-21-18)19(23)22-16-6-8-17(9-7-16)24-14(2)3/h6-10,12-14H,4-5,11H2,1-3H3,(H,20,21)(H,22,23). The van der Waals surface area contributed by atoms with E-state index in [0.717, 1.165) is 36.6 Å². The van der Waals surface area contributed by atoms with Gasteiger partial charge in [-0.05, 0) is 56.7 Å². The van der Waals surface area contributed by atoms with Gasteiger partial charge in [0, 0.05) is 24.0 Å². The van der Waals surface area contributed by atoms with E-state index < -0.39 is 0 Å². The lowest BCUT2D eigenvalue weighted by Crippen LogP contribution is -2.13. The van der Waals surface area contributed by atoms with Gasteiger partial charge >= 0.3 is 0 Å². The van der Waals surface area contributed by atoms with E-state index in [2.05, 4.69) is 22.5 Å². The van der Waals surface area contributed by atoms with E-state index in [1.807, 2.05) is 38.1 Å². The number of hydrogen-bond donors (Lipinski definition) is 2. The fourth-order valence-corrected chi connectivity index (χ4v) is 2.15. The van der Waals surface area contributed by atoms with Gasteiger partial charge in [0.2, 0.25) is 0 Å². The topological polar surface area (TPSA) is 63.2 Å². The minimum atomic E-state index is -0.159. The highest BCUT2D eigenvalue weighted by Gasteiger charge is 2.08. The molecule has 2 aromatic rings. The summed E-state index contributed by atoms with van der Waals surface area (Å²) in [6.07, 6.45) is 3.95. The van der Waals surface area contributed by atoms with E-state index in [1.54, 1.807) is 18.3 Å². The van der Waals surface area contributed by atoms with Gasteiger partial charge < -0.3 is 15.4 Å². The van der Waals surface area contributed by atoms with Crippen LogP contribution in [0.1, 0.15) is 44.0 Å². The van der Waals surface area contributed by atoms with Crippen LogP contribution in [-0.4, -0.2) is 23.5 Å². The van der Waals surface area contributed by atoms with Crippen LogP contribution < -0.4 is 15.4 Å². The lowest BCUT2D eigenvalue weighted by atomic mass is 10.2. The molecule has 0 atom stereocenters. The first-order chi connectivity index (χ1) is 11.6. The average Bonchev–Trinajstić information content (AvgIpc) is 2.57. The molecule has 24 heavy (non-hydrogen) atoms. The number of nitrogens with one attached hydrogen (secondary N) is 2. The summed E-state index contributed by atoms with van der Waals surface area (Å²) < 4.78 is 5.59. The maximum atomic E-state index is 12.4. The van der Waals surface area contributed by atoms with E-state index in [1.165, 1.54) is 0 Å². The summed E-state index contributed by atoms with van der Waals surface area (Å²) in [5, 5.41) is 6.11. The van der Waals surface area contributed by atoms with Crippen LogP contribution in [0.15, 0.2) is 42.6 Å². The minimum Gasteiger partial charge on any atom is -0.491 e. The van der Waals surface area contributed by atoms with Crippen LogP contribution in [0.3, 0.4) is 0 Å². The molecule has 1 aromatic carbocycles. The molecule has 0 radical (unpaired) electrons. The summed E-state index contributed by atoms with van der Waals surface area (Å²) in [7, 11) is 0. The second kappa shape index (κ2) is 8.91. The van der Waals surface area contributed by atoms with Crippen LogP contribution in [0.4, 0.5) is 11.5 Å². The first kappa shape index (κ1) is 17.8. The van der Waals surface area contributed by atoms with Gasteiger partial charge in [0.15, 0.2) is 0 Å².